The average molecular weight is 266 g/mol. The van der Waals surface area contributed by atoms with Crippen molar-refractivity contribution in [3.63, 3.8) is 0 Å². The molecule has 0 aliphatic heterocycles. The summed E-state index contributed by atoms with van der Waals surface area (Å²) in [6, 6.07) is 13.5. The molecule has 1 aromatic carbocycles. The Balaban J connectivity index is 1.97. The van der Waals surface area contributed by atoms with Crippen LogP contribution in [0.3, 0.4) is 0 Å². The predicted octanol–water partition coefficient (Wildman–Crippen LogP) is 2.93. The van der Waals surface area contributed by atoms with E-state index in [1.807, 2.05) is 49.4 Å². The third-order valence-electron chi connectivity index (χ3n) is 3.17. The molecule has 2 heterocycles. The van der Waals surface area contributed by atoms with Crippen molar-refractivity contribution in [1.29, 1.82) is 0 Å². The van der Waals surface area contributed by atoms with Crippen molar-refractivity contribution >= 4 is 0 Å². The lowest BCUT2D eigenvalue weighted by molar-refractivity contribution is 0.520. The number of aryl methyl sites for hydroxylation is 1. The van der Waals surface area contributed by atoms with E-state index in [0.717, 1.165) is 17.0 Å². The fraction of sp³-hybridized carbons (Fsp3) is 0.125. The summed E-state index contributed by atoms with van der Waals surface area (Å²) in [6.45, 7) is 2.03. The van der Waals surface area contributed by atoms with Gasteiger partial charge < -0.3 is 4.42 Å². The Labute approximate surface area is 116 Å². The van der Waals surface area contributed by atoms with Crippen molar-refractivity contribution in [3.8, 4) is 11.3 Å². The summed E-state index contributed by atoms with van der Waals surface area (Å²) in [5.41, 5.74) is 3.38. The standard InChI is InChI=1S/C16H14N2O2/c1-11-4-6-12(7-5-11)15-10-13(16(19)18-17-15)9-14-3-2-8-20-14/h2-8,10H,9H2,1H3,(H,18,19). The molecular weight excluding hydrogens is 252 g/mol. The molecule has 0 radical (unpaired) electrons. The summed E-state index contributed by atoms with van der Waals surface area (Å²) in [6.07, 6.45) is 2.06. The molecule has 20 heavy (non-hydrogen) atoms. The SMILES string of the molecule is Cc1ccc(-c2cc(Cc3ccco3)c(=O)[nH]n2)cc1. The van der Waals surface area contributed by atoms with E-state index in [4.69, 9.17) is 4.42 Å². The van der Waals surface area contributed by atoms with Gasteiger partial charge in [0.1, 0.15) is 5.76 Å². The molecular formula is C16H14N2O2. The summed E-state index contributed by atoms with van der Waals surface area (Å²) >= 11 is 0. The van der Waals surface area contributed by atoms with Gasteiger partial charge in [0.15, 0.2) is 0 Å². The fourth-order valence-corrected chi connectivity index (χ4v) is 2.05. The van der Waals surface area contributed by atoms with E-state index < -0.39 is 0 Å². The third kappa shape index (κ3) is 2.54. The van der Waals surface area contributed by atoms with Crippen molar-refractivity contribution in [2.24, 2.45) is 0 Å². The van der Waals surface area contributed by atoms with Gasteiger partial charge in [-0.3, -0.25) is 4.79 Å². The average Bonchev–Trinajstić information content (AvgIpc) is 2.95. The number of aromatic nitrogens is 2. The predicted molar refractivity (Wildman–Crippen MR) is 76.5 cm³/mol. The zero-order chi connectivity index (χ0) is 13.9. The quantitative estimate of drug-likeness (QED) is 0.793. The van der Waals surface area contributed by atoms with Gasteiger partial charge in [-0.2, -0.15) is 5.10 Å². The highest BCUT2D eigenvalue weighted by atomic mass is 16.3. The lowest BCUT2D eigenvalue weighted by Crippen LogP contribution is -2.14. The lowest BCUT2D eigenvalue weighted by Gasteiger charge is -2.03. The normalized spacial score (nSPS) is 10.7. The maximum Gasteiger partial charge on any atom is 0.267 e. The van der Waals surface area contributed by atoms with E-state index in [1.165, 1.54) is 5.56 Å². The van der Waals surface area contributed by atoms with Crippen LogP contribution in [0.15, 0.2) is 57.9 Å². The zero-order valence-electron chi connectivity index (χ0n) is 11.1. The Morgan fingerprint density at radius 1 is 1.20 bits per heavy atom. The minimum atomic E-state index is -0.183. The number of furan rings is 1. The highest BCUT2D eigenvalue weighted by molar-refractivity contribution is 5.59. The summed E-state index contributed by atoms with van der Waals surface area (Å²) < 4.78 is 5.28. The maximum atomic E-state index is 11.8. The Morgan fingerprint density at radius 3 is 2.70 bits per heavy atom. The number of nitrogens with one attached hydrogen (secondary N) is 1. The Bertz CT molecular complexity index is 756. The molecule has 3 aromatic rings. The van der Waals surface area contributed by atoms with E-state index >= 15 is 0 Å². The molecule has 4 nitrogen and oxygen atoms in total. The molecule has 0 fully saturated rings. The molecule has 4 heteroatoms. The molecule has 2 aromatic heterocycles. The van der Waals surface area contributed by atoms with Crippen LogP contribution in [0.1, 0.15) is 16.9 Å². The molecule has 0 saturated carbocycles. The Morgan fingerprint density at radius 2 is 2.00 bits per heavy atom. The topological polar surface area (TPSA) is 58.9 Å². The first-order valence-corrected chi connectivity index (χ1v) is 6.40. The Hall–Kier alpha value is -2.62. The minimum Gasteiger partial charge on any atom is -0.469 e. The van der Waals surface area contributed by atoms with Crippen LogP contribution in [0.4, 0.5) is 0 Å². The van der Waals surface area contributed by atoms with Crippen LogP contribution in [0.5, 0.6) is 0 Å². The van der Waals surface area contributed by atoms with Crippen LogP contribution < -0.4 is 5.56 Å². The van der Waals surface area contributed by atoms with E-state index in [0.29, 0.717) is 12.0 Å². The fourth-order valence-electron chi connectivity index (χ4n) is 2.05. The smallest absolute Gasteiger partial charge is 0.267 e. The number of benzene rings is 1. The second-order valence-electron chi connectivity index (χ2n) is 4.73. The van der Waals surface area contributed by atoms with Gasteiger partial charge >= 0.3 is 0 Å². The van der Waals surface area contributed by atoms with Crippen molar-refractivity contribution in [1.82, 2.24) is 10.2 Å². The number of rotatable bonds is 3. The third-order valence-corrected chi connectivity index (χ3v) is 3.17. The molecule has 0 aliphatic rings. The highest BCUT2D eigenvalue weighted by Crippen LogP contribution is 2.17. The number of nitrogens with zero attached hydrogens (tertiary/aromatic N) is 1. The van der Waals surface area contributed by atoms with Crippen molar-refractivity contribution in [3.05, 3.63) is 76.0 Å². The van der Waals surface area contributed by atoms with Crippen LogP contribution in [0.2, 0.25) is 0 Å². The van der Waals surface area contributed by atoms with Crippen LogP contribution in [0.25, 0.3) is 11.3 Å². The monoisotopic (exact) mass is 266 g/mol. The van der Waals surface area contributed by atoms with Gasteiger partial charge in [0.25, 0.3) is 5.56 Å². The Kier molecular flexibility index (Phi) is 3.21. The molecule has 0 atom stereocenters. The van der Waals surface area contributed by atoms with Gasteiger partial charge in [0.2, 0.25) is 0 Å². The van der Waals surface area contributed by atoms with E-state index in [1.54, 1.807) is 6.26 Å². The second-order valence-corrected chi connectivity index (χ2v) is 4.73. The van der Waals surface area contributed by atoms with Crippen LogP contribution >= 0.6 is 0 Å². The summed E-state index contributed by atoms with van der Waals surface area (Å²) in [4.78, 5) is 11.8. The number of H-pyrrole nitrogens is 1. The zero-order valence-corrected chi connectivity index (χ0v) is 11.1. The lowest BCUT2D eigenvalue weighted by atomic mass is 10.1. The van der Waals surface area contributed by atoms with Gasteiger partial charge in [0.05, 0.1) is 12.0 Å². The van der Waals surface area contributed by atoms with Gasteiger partial charge in [-0.25, -0.2) is 5.10 Å². The van der Waals surface area contributed by atoms with Crippen LogP contribution in [0, 0.1) is 6.92 Å². The van der Waals surface area contributed by atoms with Gasteiger partial charge in [0, 0.05) is 17.5 Å². The highest BCUT2D eigenvalue weighted by Gasteiger charge is 2.07. The van der Waals surface area contributed by atoms with Gasteiger partial charge in [-0.05, 0) is 25.1 Å². The van der Waals surface area contributed by atoms with Crippen LogP contribution in [-0.4, -0.2) is 10.2 Å². The number of aromatic amines is 1. The molecule has 0 unspecified atom stereocenters. The molecule has 100 valence electrons. The molecule has 0 bridgehead atoms. The molecule has 3 rings (SSSR count). The van der Waals surface area contributed by atoms with Gasteiger partial charge in [-0.1, -0.05) is 29.8 Å². The van der Waals surface area contributed by atoms with E-state index in [2.05, 4.69) is 10.2 Å². The first-order chi connectivity index (χ1) is 9.72. The summed E-state index contributed by atoms with van der Waals surface area (Å²) in [7, 11) is 0. The van der Waals surface area contributed by atoms with Crippen LogP contribution in [-0.2, 0) is 6.42 Å². The number of hydrogen-bond acceptors (Lipinski definition) is 3. The van der Waals surface area contributed by atoms with E-state index in [9.17, 15) is 4.79 Å². The molecule has 1 N–H and O–H groups in total. The second kappa shape index (κ2) is 5.17. The van der Waals surface area contributed by atoms with E-state index in [-0.39, 0.29) is 5.56 Å². The first kappa shape index (κ1) is 12.4. The molecule has 0 saturated heterocycles. The first-order valence-electron chi connectivity index (χ1n) is 6.40. The van der Waals surface area contributed by atoms with Gasteiger partial charge in [-0.15, -0.1) is 0 Å². The summed E-state index contributed by atoms with van der Waals surface area (Å²) in [5.74, 6) is 0.761. The maximum absolute atomic E-state index is 11.8. The largest absolute Gasteiger partial charge is 0.469 e. The minimum absolute atomic E-state index is 0.183. The molecule has 0 spiro atoms. The number of hydrogen-bond donors (Lipinski definition) is 1. The van der Waals surface area contributed by atoms with Crippen molar-refractivity contribution in [2.75, 3.05) is 0 Å². The summed E-state index contributed by atoms with van der Waals surface area (Å²) in [5, 5.41) is 6.65. The molecule has 0 amide bonds. The van der Waals surface area contributed by atoms with Crippen molar-refractivity contribution in [2.45, 2.75) is 13.3 Å². The molecule has 0 aliphatic carbocycles. The van der Waals surface area contributed by atoms with Crippen molar-refractivity contribution < 1.29 is 4.42 Å².